The van der Waals surface area contributed by atoms with Gasteiger partial charge in [-0.2, -0.15) is 26.3 Å². The van der Waals surface area contributed by atoms with Crippen LogP contribution in [-0.2, 0) is 23.6 Å². The van der Waals surface area contributed by atoms with Crippen molar-refractivity contribution in [2.45, 2.75) is 43.6 Å². The van der Waals surface area contributed by atoms with Gasteiger partial charge in [-0.3, -0.25) is 19.4 Å². The number of para-hydroxylation sites is 1. The highest BCUT2D eigenvalue weighted by atomic mass is 19.4. The lowest BCUT2D eigenvalue weighted by atomic mass is 9.79. The molecule has 44 heavy (non-hydrogen) atoms. The lowest BCUT2D eigenvalue weighted by Crippen LogP contribution is -2.68. The number of amides is 1. The second-order valence-corrected chi connectivity index (χ2v) is 11.8. The van der Waals surface area contributed by atoms with Crippen LogP contribution in [0.5, 0.6) is 0 Å². The molecular formula is C31H35F6N5O2. The van der Waals surface area contributed by atoms with E-state index in [4.69, 9.17) is 5.73 Å². The lowest BCUT2D eigenvalue weighted by molar-refractivity contribution is -0.143. The molecule has 0 bridgehead atoms. The molecule has 3 aromatic rings. The molecule has 1 amide bonds. The van der Waals surface area contributed by atoms with Crippen LogP contribution in [0, 0.1) is 0 Å². The molecule has 3 N–H and O–H groups in total. The number of likely N-dealkylation sites (tertiary alicyclic amines) is 1. The minimum atomic E-state index is -5.12. The first-order chi connectivity index (χ1) is 20.8. The number of hydrogen-bond acceptors (Lipinski definition) is 5. The molecule has 1 unspecified atom stereocenters. The van der Waals surface area contributed by atoms with Crippen LogP contribution < -0.4 is 5.73 Å². The van der Waals surface area contributed by atoms with Crippen LogP contribution in [0.3, 0.4) is 0 Å². The summed E-state index contributed by atoms with van der Waals surface area (Å²) in [5, 5.41) is 0.754. The summed E-state index contributed by atoms with van der Waals surface area (Å²) in [4.78, 5) is 35.9. The summed E-state index contributed by atoms with van der Waals surface area (Å²) in [5.74, 6) is -1.69. The number of aromatic amines is 1. The summed E-state index contributed by atoms with van der Waals surface area (Å²) in [6.45, 7) is 3.33. The maximum atomic E-state index is 14.6. The summed E-state index contributed by atoms with van der Waals surface area (Å²) in [5.41, 5.74) is 1.43. The highest BCUT2D eigenvalue weighted by molar-refractivity contribution is 6.05. The number of rotatable bonds is 9. The van der Waals surface area contributed by atoms with Crippen molar-refractivity contribution < 1.29 is 35.9 Å². The fraction of sp³-hybridized carbons (Fsp3) is 0.484. The van der Waals surface area contributed by atoms with Crippen molar-refractivity contribution >= 4 is 22.6 Å². The molecule has 2 aliphatic rings. The quantitative estimate of drug-likeness (QED) is 0.260. The van der Waals surface area contributed by atoms with Gasteiger partial charge < -0.3 is 15.6 Å². The maximum Gasteiger partial charge on any atom is 0.416 e. The van der Waals surface area contributed by atoms with Crippen molar-refractivity contribution in [2.75, 3.05) is 52.4 Å². The number of hydrogen-bond donors (Lipinski definition) is 2. The van der Waals surface area contributed by atoms with Crippen molar-refractivity contribution in [1.29, 1.82) is 0 Å². The maximum absolute atomic E-state index is 14.6. The number of alkyl halides is 6. The number of carbonyl (C=O) groups excluding carboxylic acids is 2. The van der Waals surface area contributed by atoms with E-state index in [1.54, 1.807) is 12.3 Å². The number of ketones is 1. The Kier molecular flexibility index (Phi) is 9.11. The second-order valence-electron chi connectivity index (χ2n) is 11.8. The van der Waals surface area contributed by atoms with E-state index < -0.39 is 46.3 Å². The van der Waals surface area contributed by atoms with Gasteiger partial charge in [-0.1, -0.05) is 24.6 Å². The number of Topliss-reactive ketones (excluding diaryl/α,β-unsaturated/α-hetero) is 1. The number of piperazine rings is 1. The third kappa shape index (κ3) is 6.94. The molecule has 5 rings (SSSR count). The van der Waals surface area contributed by atoms with Crippen molar-refractivity contribution in [3.05, 3.63) is 70.9 Å². The number of primary amides is 1. The molecule has 0 saturated carbocycles. The Labute approximate surface area is 251 Å². The van der Waals surface area contributed by atoms with Crippen molar-refractivity contribution in [3.8, 4) is 0 Å². The fourth-order valence-electron chi connectivity index (χ4n) is 6.51. The number of piperidine rings is 1. The molecule has 0 spiro atoms. The molecule has 2 fully saturated rings. The van der Waals surface area contributed by atoms with Gasteiger partial charge in [0.15, 0.2) is 5.78 Å². The molecule has 7 nitrogen and oxygen atoms in total. The molecule has 0 aliphatic carbocycles. The van der Waals surface area contributed by atoms with E-state index in [1.807, 2.05) is 23.1 Å². The summed E-state index contributed by atoms with van der Waals surface area (Å²) in [6.07, 6.45) is -5.33. The normalized spacial score (nSPS) is 21.1. The highest BCUT2D eigenvalue weighted by Gasteiger charge is 2.50. The van der Waals surface area contributed by atoms with E-state index in [0.717, 1.165) is 43.3 Å². The smallest absolute Gasteiger partial charge is 0.369 e. The molecule has 1 aromatic heterocycles. The number of halogens is 6. The van der Waals surface area contributed by atoms with E-state index in [0.29, 0.717) is 37.3 Å². The molecule has 2 aliphatic heterocycles. The Morgan fingerprint density at radius 1 is 0.841 bits per heavy atom. The van der Waals surface area contributed by atoms with Crippen LogP contribution in [-0.4, -0.2) is 89.3 Å². The zero-order valence-corrected chi connectivity index (χ0v) is 24.1. The summed E-state index contributed by atoms with van der Waals surface area (Å²) < 4.78 is 83.0. The predicted molar refractivity (Wildman–Crippen MR) is 153 cm³/mol. The second kappa shape index (κ2) is 12.5. The van der Waals surface area contributed by atoms with E-state index >= 15 is 0 Å². The number of carbonyl (C=O) groups is 2. The van der Waals surface area contributed by atoms with Crippen molar-refractivity contribution in [3.63, 3.8) is 0 Å². The number of benzene rings is 2. The Balaban J connectivity index is 1.62. The minimum Gasteiger partial charge on any atom is -0.369 e. The summed E-state index contributed by atoms with van der Waals surface area (Å²) in [6, 6.07) is 8.21. The van der Waals surface area contributed by atoms with Crippen LogP contribution in [0.25, 0.3) is 10.9 Å². The van der Waals surface area contributed by atoms with Gasteiger partial charge in [0.25, 0.3) is 0 Å². The number of fused-ring (bicyclic) bond motifs is 1. The van der Waals surface area contributed by atoms with Gasteiger partial charge in [0.05, 0.1) is 17.7 Å². The van der Waals surface area contributed by atoms with E-state index in [-0.39, 0.29) is 32.1 Å². The molecule has 0 radical (unpaired) electrons. The van der Waals surface area contributed by atoms with Crippen LogP contribution in [0.4, 0.5) is 26.3 Å². The van der Waals surface area contributed by atoms with Crippen LogP contribution in [0.1, 0.15) is 46.3 Å². The molecular weight excluding hydrogens is 588 g/mol. The largest absolute Gasteiger partial charge is 0.416 e. The number of nitrogens with one attached hydrogen (secondary N) is 1. The van der Waals surface area contributed by atoms with Crippen LogP contribution >= 0.6 is 0 Å². The van der Waals surface area contributed by atoms with E-state index in [1.165, 1.54) is 4.90 Å². The number of nitrogens with two attached hydrogens (primary N) is 1. The Bertz CT molecular complexity index is 1460. The average molecular weight is 624 g/mol. The van der Waals surface area contributed by atoms with Gasteiger partial charge in [0.2, 0.25) is 5.91 Å². The summed E-state index contributed by atoms with van der Waals surface area (Å²) in [7, 11) is 0. The van der Waals surface area contributed by atoms with Crippen LogP contribution in [0.2, 0.25) is 0 Å². The van der Waals surface area contributed by atoms with E-state index in [9.17, 15) is 35.9 Å². The van der Waals surface area contributed by atoms with Gasteiger partial charge in [-0.25, -0.2) is 0 Å². The molecule has 3 heterocycles. The minimum absolute atomic E-state index is 0.00986. The average Bonchev–Trinajstić information content (AvgIpc) is 3.38. The molecule has 2 saturated heterocycles. The van der Waals surface area contributed by atoms with Crippen LogP contribution in [0.15, 0.2) is 48.7 Å². The molecule has 238 valence electrons. The standard InChI is InChI=1S/C31H35F6N5O2/c32-30(33,34)23-14-21(15-24(16-23)31(35,36)37)28(44)29(17-22-18-39-26-7-3-2-6-25(22)26)20-41(12-13-42(29)19-27(38)43)11-10-40-8-4-1-5-9-40/h2-3,6-7,14-16,18,39H,1,4-5,8-13,17,19-20H2,(H2,38,43). The van der Waals surface area contributed by atoms with Gasteiger partial charge in [-0.15, -0.1) is 0 Å². The zero-order valence-electron chi connectivity index (χ0n) is 24.1. The monoisotopic (exact) mass is 623 g/mol. The van der Waals surface area contributed by atoms with Gasteiger partial charge in [0.1, 0.15) is 5.54 Å². The molecule has 13 heteroatoms. The first-order valence-corrected chi connectivity index (χ1v) is 14.6. The van der Waals surface area contributed by atoms with E-state index in [2.05, 4.69) is 9.88 Å². The summed E-state index contributed by atoms with van der Waals surface area (Å²) >= 11 is 0. The zero-order chi connectivity index (χ0) is 31.7. The third-order valence-corrected chi connectivity index (χ3v) is 8.73. The SMILES string of the molecule is NC(=O)CN1CCN(CCN2CCCCC2)CC1(Cc1c[nH]c2ccccc12)C(=O)c1cc(C(F)(F)F)cc(C(F)(F)F)c1. The highest BCUT2D eigenvalue weighted by Crippen LogP contribution is 2.39. The first kappa shape index (κ1) is 32.0. The Hall–Kier alpha value is -3.42. The number of aromatic nitrogens is 1. The van der Waals surface area contributed by atoms with Gasteiger partial charge in [0, 0.05) is 61.8 Å². The van der Waals surface area contributed by atoms with Crippen molar-refractivity contribution in [1.82, 2.24) is 19.7 Å². The lowest BCUT2D eigenvalue weighted by Gasteiger charge is -2.50. The Morgan fingerprint density at radius 2 is 1.48 bits per heavy atom. The molecule has 2 aromatic carbocycles. The number of H-pyrrole nitrogens is 1. The fourth-order valence-corrected chi connectivity index (χ4v) is 6.51. The Morgan fingerprint density at radius 3 is 2.11 bits per heavy atom. The first-order valence-electron chi connectivity index (χ1n) is 14.6. The van der Waals surface area contributed by atoms with Crippen molar-refractivity contribution in [2.24, 2.45) is 5.73 Å². The third-order valence-electron chi connectivity index (χ3n) is 8.73. The number of nitrogens with zero attached hydrogens (tertiary/aromatic N) is 3. The van der Waals surface area contributed by atoms with Gasteiger partial charge >= 0.3 is 12.4 Å². The van der Waals surface area contributed by atoms with Gasteiger partial charge in [-0.05, 0) is 55.8 Å². The topological polar surface area (TPSA) is 85.7 Å². The molecule has 1 atom stereocenters. The predicted octanol–water partition coefficient (Wildman–Crippen LogP) is 4.96.